The van der Waals surface area contributed by atoms with Gasteiger partial charge in [0, 0.05) is 26.8 Å². The number of thioether (sulfide) groups is 1. The van der Waals surface area contributed by atoms with Gasteiger partial charge < -0.3 is 5.11 Å². The molecule has 0 atom stereocenters. The summed E-state index contributed by atoms with van der Waals surface area (Å²) >= 11 is 13.5. The number of carbonyl (C=O) groups is 1. The number of phenols is 1. The Morgan fingerprint density at radius 2 is 1.95 bits per heavy atom. The third-order valence-corrected chi connectivity index (χ3v) is 4.54. The summed E-state index contributed by atoms with van der Waals surface area (Å²) in [6.07, 6.45) is 0. The third kappa shape index (κ3) is 3.69. The highest BCUT2D eigenvalue weighted by Crippen LogP contribution is 2.34. The van der Waals surface area contributed by atoms with Gasteiger partial charge >= 0.3 is 0 Å². The Labute approximate surface area is 131 Å². The lowest BCUT2D eigenvalue weighted by Crippen LogP contribution is -1.93. The maximum Gasteiger partial charge on any atom is 0.159 e. The average molecular weight is 327 g/mol. The van der Waals surface area contributed by atoms with Gasteiger partial charge in [0.2, 0.25) is 0 Å². The van der Waals surface area contributed by atoms with Crippen molar-refractivity contribution in [2.24, 2.45) is 0 Å². The summed E-state index contributed by atoms with van der Waals surface area (Å²) in [7, 11) is 0. The maximum absolute atomic E-state index is 11.4. The lowest BCUT2D eigenvalue weighted by atomic mass is 10.1. The number of carbonyl (C=O) groups excluding carboxylic acids is 1. The van der Waals surface area contributed by atoms with Gasteiger partial charge in [-0.15, -0.1) is 11.8 Å². The van der Waals surface area contributed by atoms with E-state index in [0.29, 0.717) is 26.9 Å². The van der Waals surface area contributed by atoms with Crippen LogP contribution in [0.25, 0.3) is 0 Å². The van der Waals surface area contributed by atoms with Gasteiger partial charge in [0.1, 0.15) is 5.75 Å². The lowest BCUT2D eigenvalue weighted by molar-refractivity contribution is 0.101. The highest BCUT2D eigenvalue weighted by molar-refractivity contribution is 7.98. The van der Waals surface area contributed by atoms with Gasteiger partial charge in [-0.3, -0.25) is 4.79 Å². The molecule has 0 unspecified atom stereocenters. The van der Waals surface area contributed by atoms with Crippen LogP contribution in [-0.4, -0.2) is 10.9 Å². The Hall–Kier alpha value is -1.16. The van der Waals surface area contributed by atoms with Crippen LogP contribution in [0.1, 0.15) is 22.8 Å². The van der Waals surface area contributed by atoms with Gasteiger partial charge in [0.15, 0.2) is 5.78 Å². The van der Waals surface area contributed by atoms with E-state index in [1.165, 1.54) is 24.8 Å². The minimum atomic E-state index is -0.0305. The topological polar surface area (TPSA) is 37.3 Å². The van der Waals surface area contributed by atoms with Crippen LogP contribution < -0.4 is 0 Å². The molecule has 104 valence electrons. The van der Waals surface area contributed by atoms with Crippen LogP contribution >= 0.6 is 35.0 Å². The first-order valence-electron chi connectivity index (χ1n) is 5.88. The second kappa shape index (κ2) is 6.53. The van der Waals surface area contributed by atoms with E-state index >= 15 is 0 Å². The van der Waals surface area contributed by atoms with Crippen molar-refractivity contribution >= 4 is 40.7 Å². The number of rotatable bonds is 4. The minimum Gasteiger partial charge on any atom is -0.508 e. The van der Waals surface area contributed by atoms with Crippen LogP contribution in [0.15, 0.2) is 41.3 Å². The molecular formula is C15H12Cl2O2S. The number of ketones is 1. The smallest absolute Gasteiger partial charge is 0.159 e. The van der Waals surface area contributed by atoms with Crippen LogP contribution in [0, 0.1) is 0 Å². The first-order chi connectivity index (χ1) is 9.47. The molecule has 2 aromatic rings. The largest absolute Gasteiger partial charge is 0.508 e. The molecule has 0 saturated carbocycles. The number of hydrogen-bond donors (Lipinski definition) is 1. The molecule has 0 aliphatic carbocycles. The van der Waals surface area contributed by atoms with Crippen molar-refractivity contribution in [3.8, 4) is 5.75 Å². The van der Waals surface area contributed by atoms with Gasteiger partial charge in [-0.2, -0.15) is 0 Å². The number of aromatic hydroxyl groups is 1. The number of phenolic OH excluding ortho intramolecular Hbond substituents is 1. The molecule has 5 heteroatoms. The molecule has 0 radical (unpaired) electrons. The SMILES string of the molecule is CC(=O)c1ccc(O)c(CSc2cc(Cl)ccc2Cl)c1. The lowest BCUT2D eigenvalue weighted by Gasteiger charge is -2.08. The molecule has 0 bridgehead atoms. The highest BCUT2D eigenvalue weighted by Gasteiger charge is 2.08. The molecule has 0 aromatic heterocycles. The second-order valence-corrected chi connectivity index (χ2v) is 6.12. The molecule has 20 heavy (non-hydrogen) atoms. The fourth-order valence-electron chi connectivity index (χ4n) is 1.66. The summed E-state index contributed by atoms with van der Waals surface area (Å²) < 4.78 is 0. The van der Waals surface area contributed by atoms with Gasteiger partial charge in [-0.1, -0.05) is 23.2 Å². The number of benzene rings is 2. The molecule has 0 fully saturated rings. The molecule has 2 nitrogen and oxygen atoms in total. The van der Waals surface area contributed by atoms with Crippen molar-refractivity contribution in [1.82, 2.24) is 0 Å². The Morgan fingerprint density at radius 1 is 1.20 bits per heavy atom. The van der Waals surface area contributed by atoms with Crippen molar-refractivity contribution in [3.63, 3.8) is 0 Å². The second-order valence-electron chi connectivity index (χ2n) is 4.26. The molecular weight excluding hydrogens is 315 g/mol. The minimum absolute atomic E-state index is 0.0305. The van der Waals surface area contributed by atoms with Crippen molar-refractivity contribution in [3.05, 3.63) is 57.6 Å². The summed E-state index contributed by atoms with van der Waals surface area (Å²) in [4.78, 5) is 12.2. The molecule has 2 rings (SSSR count). The van der Waals surface area contributed by atoms with E-state index < -0.39 is 0 Å². The fraction of sp³-hybridized carbons (Fsp3) is 0.133. The predicted octanol–water partition coefficient (Wildman–Crippen LogP) is 5.19. The van der Waals surface area contributed by atoms with Crippen molar-refractivity contribution in [2.75, 3.05) is 0 Å². The third-order valence-electron chi connectivity index (χ3n) is 2.76. The normalized spacial score (nSPS) is 10.6. The molecule has 0 amide bonds. The standard InChI is InChI=1S/C15H12Cl2O2S/c1-9(18)10-2-5-14(19)11(6-10)8-20-15-7-12(16)3-4-13(15)17/h2-7,19H,8H2,1H3. The Balaban J connectivity index is 2.20. The van der Waals surface area contributed by atoms with E-state index in [1.54, 1.807) is 30.3 Å². The van der Waals surface area contributed by atoms with Crippen LogP contribution in [0.3, 0.4) is 0 Å². The summed E-state index contributed by atoms with van der Waals surface area (Å²) in [6, 6.07) is 10.1. The van der Waals surface area contributed by atoms with E-state index in [9.17, 15) is 9.90 Å². The van der Waals surface area contributed by atoms with Gasteiger partial charge in [0.25, 0.3) is 0 Å². The van der Waals surface area contributed by atoms with Gasteiger partial charge in [0.05, 0.1) is 5.02 Å². The summed E-state index contributed by atoms with van der Waals surface area (Å²) in [5, 5.41) is 11.1. The van der Waals surface area contributed by atoms with E-state index in [4.69, 9.17) is 23.2 Å². The summed E-state index contributed by atoms with van der Waals surface area (Å²) in [6.45, 7) is 1.50. The maximum atomic E-state index is 11.4. The average Bonchev–Trinajstić information content (AvgIpc) is 2.41. The van der Waals surface area contributed by atoms with Crippen LogP contribution in [0.4, 0.5) is 0 Å². The van der Waals surface area contributed by atoms with E-state index in [2.05, 4.69) is 0 Å². The van der Waals surface area contributed by atoms with E-state index in [0.717, 1.165) is 4.90 Å². The zero-order valence-corrected chi connectivity index (χ0v) is 13.0. The highest BCUT2D eigenvalue weighted by atomic mass is 35.5. The Bertz CT molecular complexity index is 656. The first kappa shape index (κ1) is 15.2. The molecule has 2 aromatic carbocycles. The Kier molecular flexibility index (Phi) is 4.97. The molecule has 0 spiro atoms. The first-order valence-corrected chi connectivity index (χ1v) is 7.62. The summed E-state index contributed by atoms with van der Waals surface area (Å²) in [5.41, 5.74) is 1.27. The number of halogens is 2. The van der Waals surface area contributed by atoms with Gasteiger partial charge in [-0.05, 0) is 43.3 Å². The number of Topliss-reactive ketones (excluding diaryl/α,β-unsaturated/α-hetero) is 1. The molecule has 0 aliphatic rings. The molecule has 1 N–H and O–H groups in total. The monoisotopic (exact) mass is 326 g/mol. The van der Waals surface area contributed by atoms with Crippen LogP contribution in [-0.2, 0) is 5.75 Å². The quantitative estimate of drug-likeness (QED) is 0.620. The zero-order chi connectivity index (χ0) is 14.7. The summed E-state index contributed by atoms with van der Waals surface area (Å²) in [5.74, 6) is 0.644. The molecule has 0 saturated heterocycles. The van der Waals surface area contributed by atoms with Crippen molar-refractivity contribution in [1.29, 1.82) is 0 Å². The fourth-order valence-corrected chi connectivity index (χ4v) is 3.14. The van der Waals surface area contributed by atoms with E-state index in [1.807, 2.05) is 0 Å². The van der Waals surface area contributed by atoms with Gasteiger partial charge in [-0.25, -0.2) is 0 Å². The molecule has 0 heterocycles. The predicted molar refractivity (Wildman–Crippen MR) is 84.1 cm³/mol. The molecule has 0 aliphatic heterocycles. The zero-order valence-electron chi connectivity index (χ0n) is 10.7. The van der Waals surface area contributed by atoms with Crippen LogP contribution in [0.2, 0.25) is 10.0 Å². The van der Waals surface area contributed by atoms with E-state index in [-0.39, 0.29) is 11.5 Å². The van der Waals surface area contributed by atoms with Crippen molar-refractivity contribution in [2.45, 2.75) is 17.6 Å². The number of hydrogen-bond acceptors (Lipinski definition) is 3. The van der Waals surface area contributed by atoms with Crippen LogP contribution in [0.5, 0.6) is 5.75 Å². The van der Waals surface area contributed by atoms with Crippen molar-refractivity contribution < 1.29 is 9.90 Å². The Morgan fingerprint density at radius 3 is 2.65 bits per heavy atom.